The Kier molecular flexibility index (Phi) is 6.46. The molecule has 0 saturated carbocycles. The fourth-order valence-electron chi connectivity index (χ4n) is 2.75. The Balaban J connectivity index is 1.74. The summed E-state index contributed by atoms with van der Waals surface area (Å²) in [5.41, 5.74) is 0.583. The minimum Gasteiger partial charge on any atom is -0.488 e. The van der Waals surface area contributed by atoms with E-state index in [4.69, 9.17) is 32.7 Å². The van der Waals surface area contributed by atoms with Crippen LogP contribution in [0.25, 0.3) is 0 Å². The highest BCUT2D eigenvalue weighted by atomic mass is 35.5. The van der Waals surface area contributed by atoms with Gasteiger partial charge in [0.15, 0.2) is 11.6 Å². The summed E-state index contributed by atoms with van der Waals surface area (Å²) < 4.78 is 64.9. The highest BCUT2D eigenvalue weighted by Crippen LogP contribution is 2.31. The van der Waals surface area contributed by atoms with Gasteiger partial charge in [-0.05, 0) is 36.8 Å². The summed E-state index contributed by atoms with van der Waals surface area (Å²) >= 11 is 12.1. The first-order valence-corrected chi connectivity index (χ1v) is 10.5. The predicted octanol–water partition coefficient (Wildman–Crippen LogP) is 4.05. The molecule has 28 heavy (non-hydrogen) atoms. The van der Waals surface area contributed by atoms with Crippen LogP contribution in [-0.2, 0) is 14.8 Å². The van der Waals surface area contributed by atoms with Gasteiger partial charge in [-0.2, -0.15) is 4.31 Å². The number of morpholine rings is 1. The second kappa shape index (κ2) is 8.51. The summed E-state index contributed by atoms with van der Waals surface area (Å²) in [6, 6.07) is 5.66. The van der Waals surface area contributed by atoms with Gasteiger partial charge in [-0.1, -0.05) is 23.2 Å². The van der Waals surface area contributed by atoms with Gasteiger partial charge in [-0.3, -0.25) is 0 Å². The molecule has 5 nitrogen and oxygen atoms in total. The van der Waals surface area contributed by atoms with E-state index in [0.29, 0.717) is 10.6 Å². The molecule has 0 spiro atoms. The molecule has 1 heterocycles. The molecule has 0 N–H and O–H groups in total. The summed E-state index contributed by atoms with van der Waals surface area (Å²) in [4.78, 5) is -0.0474. The van der Waals surface area contributed by atoms with Crippen molar-refractivity contribution in [2.45, 2.75) is 17.9 Å². The van der Waals surface area contributed by atoms with Gasteiger partial charge in [0.1, 0.15) is 23.4 Å². The van der Waals surface area contributed by atoms with E-state index in [-0.39, 0.29) is 42.0 Å². The van der Waals surface area contributed by atoms with Gasteiger partial charge < -0.3 is 9.47 Å². The van der Waals surface area contributed by atoms with Crippen molar-refractivity contribution in [3.05, 3.63) is 57.6 Å². The van der Waals surface area contributed by atoms with Crippen LogP contribution in [0.1, 0.15) is 5.56 Å². The molecule has 2 aromatic carbocycles. The molecule has 1 fully saturated rings. The Bertz CT molecular complexity index is 988. The van der Waals surface area contributed by atoms with Crippen LogP contribution in [0.2, 0.25) is 10.0 Å². The van der Waals surface area contributed by atoms with Crippen molar-refractivity contribution in [1.82, 2.24) is 4.31 Å². The van der Waals surface area contributed by atoms with Gasteiger partial charge in [0.2, 0.25) is 10.0 Å². The molecular formula is C18H17Cl2F2NO4S. The zero-order valence-electron chi connectivity index (χ0n) is 14.8. The first-order valence-electron chi connectivity index (χ1n) is 8.33. The molecule has 0 aliphatic carbocycles. The summed E-state index contributed by atoms with van der Waals surface area (Å²) in [6.45, 7) is 1.78. The number of hydrogen-bond acceptors (Lipinski definition) is 4. The number of rotatable bonds is 5. The smallest absolute Gasteiger partial charge is 0.244 e. The van der Waals surface area contributed by atoms with Crippen LogP contribution in [-0.4, -0.2) is 45.1 Å². The molecule has 0 amide bonds. The van der Waals surface area contributed by atoms with E-state index in [2.05, 4.69) is 0 Å². The molecular weight excluding hydrogens is 435 g/mol. The van der Waals surface area contributed by atoms with Gasteiger partial charge in [0, 0.05) is 24.2 Å². The lowest BCUT2D eigenvalue weighted by atomic mass is 10.2. The minimum atomic E-state index is -3.89. The second-order valence-corrected chi connectivity index (χ2v) is 8.99. The molecule has 1 atom stereocenters. The van der Waals surface area contributed by atoms with Gasteiger partial charge in [0.25, 0.3) is 0 Å². The number of nitrogens with zero attached hydrogens (tertiary/aromatic N) is 1. The Morgan fingerprint density at radius 2 is 1.96 bits per heavy atom. The van der Waals surface area contributed by atoms with Crippen LogP contribution in [0, 0.1) is 18.6 Å². The zero-order valence-corrected chi connectivity index (χ0v) is 17.1. The standard InChI is InChI=1S/C18H17Cl2F2NO4S/c1-11-6-18(15(20)8-14(11)19)28(24,25)23-4-5-26-13(9-23)10-27-17-7-12(21)2-3-16(17)22/h2-3,6-8,13H,4-5,9-10H2,1H3. The maximum Gasteiger partial charge on any atom is 0.244 e. The quantitative estimate of drug-likeness (QED) is 0.687. The Morgan fingerprint density at radius 3 is 2.71 bits per heavy atom. The lowest BCUT2D eigenvalue weighted by Gasteiger charge is -2.32. The Labute approximate surface area is 171 Å². The lowest BCUT2D eigenvalue weighted by molar-refractivity contribution is -0.0255. The van der Waals surface area contributed by atoms with Gasteiger partial charge in [-0.15, -0.1) is 0 Å². The van der Waals surface area contributed by atoms with Gasteiger partial charge in [-0.25, -0.2) is 17.2 Å². The monoisotopic (exact) mass is 451 g/mol. The summed E-state index contributed by atoms with van der Waals surface area (Å²) in [6.07, 6.45) is -0.654. The van der Waals surface area contributed by atoms with Crippen molar-refractivity contribution in [3.63, 3.8) is 0 Å². The van der Waals surface area contributed by atoms with E-state index in [9.17, 15) is 17.2 Å². The fourth-order valence-corrected chi connectivity index (χ4v) is 5.01. The molecule has 0 aromatic heterocycles. The van der Waals surface area contributed by atoms with E-state index in [1.807, 2.05) is 0 Å². The predicted molar refractivity (Wildman–Crippen MR) is 102 cm³/mol. The van der Waals surface area contributed by atoms with Crippen molar-refractivity contribution in [2.75, 3.05) is 26.3 Å². The van der Waals surface area contributed by atoms with Crippen LogP contribution in [0.5, 0.6) is 5.75 Å². The van der Waals surface area contributed by atoms with E-state index in [0.717, 1.165) is 18.2 Å². The first kappa shape index (κ1) is 21.3. The maximum atomic E-state index is 13.7. The molecule has 2 aromatic rings. The molecule has 1 unspecified atom stereocenters. The minimum absolute atomic E-state index is 0.0166. The molecule has 0 radical (unpaired) electrons. The number of aryl methyl sites for hydroxylation is 1. The van der Waals surface area contributed by atoms with E-state index in [1.165, 1.54) is 16.4 Å². The normalized spacial score (nSPS) is 18.2. The maximum absolute atomic E-state index is 13.7. The zero-order chi connectivity index (χ0) is 20.5. The molecule has 0 bridgehead atoms. The van der Waals surface area contributed by atoms with Crippen LogP contribution >= 0.6 is 23.2 Å². The average molecular weight is 452 g/mol. The Hall–Kier alpha value is -1.45. The third-order valence-corrected chi connectivity index (χ3v) is 6.99. The molecule has 1 saturated heterocycles. The van der Waals surface area contributed by atoms with Crippen LogP contribution in [0.3, 0.4) is 0 Å². The molecule has 1 aliphatic rings. The van der Waals surface area contributed by atoms with E-state index >= 15 is 0 Å². The van der Waals surface area contributed by atoms with E-state index < -0.39 is 27.8 Å². The number of hydrogen-bond donors (Lipinski definition) is 0. The average Bonchev–Trinajstić information content (AvgIpc) is 2.65. The largest absolute Gasteiger partial charge is 0.488 e. The summed E-state index contributed by atoms with van der Waals surface area (Å²) in [5.74, 6) is -1.62. The highest BCUT2D eigenvalue weighted by Gasteiger charge is 2.33. The number of ether oxygens (including phenoxy) is 2. The van der Waals surface area contributed by atoms with Crippen molar-refractivity contribution in [3.8, 4) is 5.75 Å². The van der Waals surface area contributed by atoms with Crippen LogP contribution in [0.4, 0.5) is 8.78 Å². The SMILES string of the molecule is Cc1cc(S(=O)(=O)N2CCOC(COc3cc(F)ccc3F)C2)c(Cl)cc1Cl. The molecule has 152 valence electrons. The summed E-state index contributed by atoms with van der Waals surface area (Å²) in [5, 5.41) is 0.394. The van der Waals surface area contributed by atoms with Crippen LogP contribution in [0.15, 0.2) is 35.2 Å². The number of halogens is 4. The van der Waals surface area contributed by atoms with Gasteiger partial charge in [0.05, 0.1) is 11.6 Å². The van der Waals surface area contributed by atoms with Crippen molar-refractivity contribution >= 4 is 33.2 Å². The molecule has 10 heteroatoms. The highest BCUT2D eigenvalue weighted by molar-refractivity contribution is 7.89. The molecule has 3 rings (SSSR count). The van der Waals surface area contributed by atoms with Crippen molar-refractivity contribution < 1.29 is 26.7 Å². The third kappa shape index (κ3) is 4.58. The van der Waals surface area contributed by atoms with Crippen molar-refractivity contribution in [2.24, 2.45) is 0 Å². The number of sulfonamides is 1. The van der Waals surface area contributed by atoms with Crippen molar-refractivity contribution in [1.29, 1.82) is 0 Å². The first-order chi connectivity index (χ1) is 13.2. The summed E-state index contributed by atoms with van der Waals surface area (Å²) in [7, 11) is -3.89. The molecule has 1 aliphatic heterocycles. The number of benzene rings is 2. The third-order valence-electron chi connectivity index (χ3n) is 4.25. The van der Waals surface area contributed by atoms with Gasteiger partial charge >= 0.3 is 0 Å². The fraction of sp³-hybridized carbons (Fsp3) is 0.333. The lowest BCUT2D eigenvalue weighted by Crippen LogP contribution is -2.47. The van der Waals surface area contributed by atoms with Crippen LogP contribution < -0.4 is 4.74 Å². The Morgan fingerprint density at radius 1 is 1.21 bits per heavy atom. The van der Waals surface area contributed by atoms with E-state index in [1.54, 1.807) is 6.92 Å². The topological polar surface area (TPSA) is 55.8 Å². The second-order valence-electron chi connectivity index (χ2n) is 6.27.